The van der Waals surface area contributed by atoms with Gasteiger partial charge in [0.15, 0.2) is 11.5 Å². The van der Waals surface area contributed by atoms with Crippen molar-refractivity contribution >= 4 is 23.1 Å². The van der Waals surface area contributed by atoms with Crippen LogP contribution in [0.2, 0.25) is 0 Å². The van der Waals surface area contributed by atoms with Gasteiger partial charge in [0.05, 0.1) is 24.4 Å². The first-order chi connectivity index (χ1) is 7.58. The molecule has 0 fully saturated rings. The Balaban J connectivity index is 2.52. The zero-order valence-corrected chi connectivity index (χ0v) is 8.87. The van der Waals surface area contributed by atoms with Crippen molar-refractivity contribution < 1.29 is 14.3 Å². The zero-order valence-electron chi connectivity index (χ0n) is 8.87. The van der Waals surface area contributed by atoms with E-state index in [0.717, 1.165) is 0 Å². The second kappa shape index (κ2) is 3.84. The minimum atomic E-state index is -0.140. The lowest BCUT2D eigenvalue weighted by Gasteiger charge is -2.11. The Kier molecular flexibility index (Phi) is 2.52. The summed E-state index contributed by atoms with van der Waals surface area (Å²) in [5.41, 5.74) is 7.06. The van der Waals surface area contributed by atoms with E-state index in [9.17, 15) is 9.59 Å². The molecule has 1 aromatic carbocycles. The number of Topliss-reactive ketones (excluding diaryl/α,β-unsaturated/α-hetero) is 1. The van der Waals surface area contributed by atoms with Gasteiger partial charge < -0.3 is 15.8 Å². The summed E-state index contributed by atoms with van der Waals surface area (Å²) < 4.78 is 5.36. The molecule has 0 saturated heterocycles. The zero-order chi connectivity index (χ0) is 11.7. The van der Waals surface area contributed by atoms with Crippen LogP contribution >= 0.6 is 0 Å². The maximum atomic E-state index is 11.3. The Hall–Kier alpha value is -2.04. The standard InChI is InChI=1S/C11H12N2O3/c1-6(14)7-4-8(12)11-9(5-7)13-10(15)2-3-16-11/h4-5H,2-3,12H2,1H3,(H,13,15). The molecule has 1 aliphatic rings. The molecule has 0 atom stereocenters. The Labute approximate surface area is 92.6 Å². The maximum absolute atomic E-state index is 11.3. The van der Waals surface area contributed by atoms with Crippen LogP contribution in [0.3, 0.4) is 0 Å². The molecule has 0 bridgehead atoms. The number of carbonyl (C=O) groups is 2. The Morgan fingerprint density at radius 3 is 2.94 bits per heavy atom. The van der Waals surface area contributed by atoms with Gasteiger partial charge in [0.25, 0.3) is 0 Å². The van der Waals surface area contributed by atoms with E-state index in [2.05, 4.69) is 5.32 Å². The van der Waals surface area contributed by atoms with Crippen LogP contribution in [0.25, 0.3) is 0 Å². The van der Waals surface area contributed by atoms with E-state index in [1.165, 1.54) is 6.92 Å². The average Bonchev–Trinajstić information content (AvgIpc) is 2.38. The molecule has 84 valence electrons. The molecule has 16 heavy (non-hydrogen) atoms. The predicted octanol–water partition coefficient (Wildman–Crippen LogP) is 1.19. The van der Waals surface area contributed by atoms with Crippen molar-refractivity contribution in [2.75, 3.05) is 17.7 Å². The molecule has 1 aromatic rings. The minimum absolute atomic E-state index is 0.104. The summed E-state index contributed by atoms with van der Waals surface area (Å²) in [6.45, 7) is 1.74. The van der Waals surface area contributed by atoms with Gasteiger partial charge in [-0.05, 0) is 19.1 Å². The second-order valence-corrected chi connectivity index (χ2v) is 3.64. The fourth-order valence-electron chi connectivity index (χ4n) is 1.57. The summed E-state index contributed by atoms with van der Waals surface area (Å²) in [5, 5.41) is 2.66. The van der Waals surface area contributed by atoms with Gasteiger partial charge in [-0.3, -0.25) is 9.59 Å². The van der Waals surface area contributed by atoms with Crippen LogP contribution in [0.15, 0.2) is 12.1 Å². The van der Waals surface area contributed by atoms with Gasteiger partial charge in [-0.15, -0.1) is 0 Å². The summed E-state index contributed by atoms with van der Waals surface area (Å²) in [6.07, 6.45) is 0.281. The van der Waals surface area contributed by atoms with E-state index in [1.807, 2.05) is 0 Å². The van der Waals surface area contributed by atoms with Gasteiger partial charge in [0.2, 0.25) is 5.91 Å². The predicted molar refractivity (Wildman–Crippen MR) is 59.6 cm³/mol. The lowest BCUT2D eigenvalue weighted by Crippen LogP contribution is -2.10. The van der Waals surface area contributed by atoms with Crippen molar-refractivity contribution in [3.05, 3.63) is 17.7 Å². The molecule has 1 heterocycles. The number of anilines is 2. The SMILES string of the molecule is CC(=O)c1cc(N)c2c(c1)NC(=O)CCO2. The lowest BCUT2D eigenvalue weighted by atomic mass is 10.1. The summed E-state index contributed by atoms with van der Waals surface area (Å²) >= 11 is 0. The van der Waals surface area contributed by atoms with E-state index < -0.39 is 0 Å². The van der Waals surface area contributed by atoms with Crippen molar-refractivity contribution in [3.8, 4) is 5.75 Å². The maximum Gasteiger partial charge on any atom is 0.227 e. The molecular formula is C11H12N2O3. The van der Waals surface area contributed by atoms with Crippen LogP contribution in [0.5, 0.6) is 5.75 Å². The third-order valence-electron chi connectivity index (χ3n) is 2.37. The molecule has 0 aliphatic carbocycles. The van der Waals surface area contributed by atoms with Crippen LogP contribution in [0.4, 0.5) is 11.4 Å². The van der Waals surface area contributed by atoms with Crippen molar-refractivity contribution in [2.24, 2.45) is 0 Å². The number of hydrogen-bond acceptors (Lipinski definition) is 4. The molecule has 0 spiro atoms. The van der Waals surface area contributed by atoms with Crippen LogP contribution in [-0.4, -0.2) is 18.3 Å². The molecule has 0 radical (unpaired) electrons. The minimum Gasteiger partial charge on any atom is -0.489 e. The molecule has 3 N–H and O–H groups in total. The molecule has 5 heteroatoms. The second-order valence-electron chi connectivity index (χ2n) is 3.64. The molecule has 0 unspecified atom stereocenters. The number of fused-ring (bicyclic) bond motifs is 1. The van der Waals surface area contributed by atoms with Gasteiger partial charge >= 0.3 is 0 Å². The Bertz CT molecular complexity index is 469. The van der Waals surface area contributed by atoms with Crippen molar-refractivity contribution in [2.45, 2.75) is 13.3 Å². The first-order valence-corrected chi connectivity index (χ1v) is 4.95. The van der Waals surface area contributed by atoms with Crippen molar-refractivity contribution in [3.63, 3.8) is 0 Å². The molecule has 5 nitrogen and oxygen atoms in total. The van der Waals surface area contributed by atoms with Gasteiger partial charge in [0, 0.05) is 5.56 Å². The number of nitrogen functional groups attached to an aromatic ring is 1. The molecule has 0 saturated carbocycles. The third-order valence-corrected chi connectivity index (χ3v) is 2.37. The van der Waals surface area contributed by atoms with Crippen LogP contribution in [0, 0.1) is 0 Å². The molecule has 2 rings (SSSR count). The van der Waals surface area contributed by atoms with Gasteiger partial charge in [-0.2, -0.15) is 0 Å². The monoisotopic (exact) mass is 220 g/mol. The normalized spacial score (nSPS) is 14.4. The smallest absolute Gasteiger partial charge is 0.227 e. The number of rotatable bonds is 1. The van der Waals surface area contributed by atoms with Crippen LogP contribution in [-0.2, 0) is 4.79 Å². The number of ether oxygens (including phenoxy) is 1. The fourth-order valence-corrected chi connectivity index (χ4v) is 1.57. The van der Waals surface area contributed by atoms with E-state index in [-0.39, 0.29) is 18.1 Å². The third kappa shape index (κ3) is 1.84. The number of amides is 1. The van der Waals surface area contributed by atoms with Crippen LogP contribution < -0.4 is 15.8 Å². The number of ketones is 1. The molecule has 0 aromatic heterocycles. The lowest BCUT2D eigenvalue weighted by molar-refractivity contribution is -0.116. The van der Waals surface area contributed by atoms with Crippen molar-refractivity contribution in [1.29, 1.82) is 0 Å². The molecular weight excluding hydrogens is 208 g/mol. The average molecular weight is 220 g/mol. The number of nitrogens with two attached hydrogens (primary N) is 1. The van der Waals surface area contributed by atoms with Gasteiger partial charge in [-0.1, -0.05) is 0 Å². The Morgan fingerprint density at radius 1 is 1.50 bits per heavy atom. The number of hydrogen-bond donors (Lipinski definition) is 2. The number of carbonyl (C=O) groups excluding carboxylic acids is 2. The van der Waals surface area contributed by atoms with Crippen molar-refractivity contribution in [1.82, 2.24) is 0 Å². The van der Waals surface area contributed by atoms with Crippen LogP contribution in [0.1, 0.15) is 23.7 Å². The molecule has 1 aliphatic heterocycles. The fraction of sp³-hybridized carbons (Fsp3) is 0.273. The summed E-state index contributed by atoms with van der Waals surface area (Å²) in [5.74, 6) is 0.197. The highest BCUT2D eigenvalue weighted by Crippen LogP contribution is 2.34. The summed E-state index contributed by atoms with van der Waals surface area (Å²) in [6, 6.07) is 3.13. The van der Waals surface area contributed by atoms with E-state index in [4.69, 9.17) is 10.5 Å². The first-order valence-electron chi connectivity index (χ1n) is 4.95. The Morgan fingerprint density at radius 2 is 2.25 bits per heavy atom. The highest BCUT2D eigenvalue weighted by Gasteiger charge is 2.18. The van der Waals surface area contributed by atoms with Gasteiger partial charge in [-0.25, -0.2) is 0 Å². The largest absolute Gasteiger partial charge is 0.489 e. The number of benzene rings is 1. The summed E-state index contributed by atoms with van der Waals surface area (Å²) in [7, 11) is 0. The molecule has 1 amide bonds. The quantitative estimate of drug-likeness (QED) is 0.550. The first kappa shape index (κ1) is 10.5. The highest BCUT2D eigenvalue weighted by molar-refractivity contribution is 6.00. The highest BCUT2D eigenvalue weighted by atomic mass is 16.5. The van der Waals surface area contributed by atoms with E-state index in [0.29, 0.717) is 29.3 Å². The van der Waals surface area contributed by atoms with E-state index in [1.54, 1.807) is 12.1 Å². The topological polar surface area (TPSA) is 81.4 Å². The summed E-state index contributed by atoms with van der Waals surface area (Å²) in [4.78, 5) is 22.6. The number of nitrogens with one attached hydrogen (secondary N) is 1. The van der Waals surface area contributed by atoms with Gasteiger partial charge in [0.1, 0.15) is 0 Å². The van der Waals surface area contributed by atoms with E-state index >= 15 is 0 Å².